The molecule has 2 aliphatic heterocycles. The zero-order valence-corrected chi connectivity index (χ0v) is 14.4. The fourth-order valence-electron chi connectivity index (χ4n) is 3.24. The molecule has 7 heteroatoms. The van der Waals surface area contributed by atoms with Gasteiger partial charge in [-0.05, 0) is 24.3 Å². The van der Waals surface area contributed by atoms with Crippen LogP contribution in [0.1, 0.15) is 19.3 Å². The van der Waals surface area contributed by atoms with Crippen molar-refractivity contribution < 1.29 is 19.1 Å². The highest BCUT2D eigenvalue weighted by Gasteiger charge is 2.30. The number of nitrogens with zero attached hydrogens (tertiary/aromatic N) is 3. The summed E-state index contributed by atoms with van der Waals surface area (Å²) in [5.41, 5.74) is 1.11. The van der Waals surface area contributed by atoms with Gasteiger partial charge in [-0.25, -0.2) is 0 Å². The minimum Gasteiger partial charge on any atom is -0.497 e. The molecule has 3 rings (SSSR count). The van der Waals surface area contributed by atoms with Gasteiger partial charge in [0, 0.05) is 57.7 Å². The van der Waals surface area contributed by atoms with Gasteiger partial charge in [0.15, 0.2) is 0 Å². The molecule has 3 amide bonds. The number of anilines is 1. The number of imide groups is 1. The van der Waals surface area contributed by atoms with Crippen molar-refractivity contribution in [3.63, 3.8) is 0 Å². The Balaban J connectivity index is 1.47. The van der Waals surface area contributed by atoms with Crippen molar-refractivity contribution in [1.82, 2.24) is 9.80 Å². The fraction of sp³-hybridized carbons (Fsp3) is 0.500. The summed E-state index contributed by atoms with van der Waals surface area (Å²) in [6, 6.07) is 7.88. The van der Waals surface area contributed by atoms with E-state index in [-0.39, 0.29) is 43.5 Å². The van der Waals surface area contributed by atoms with Gasteiger partial charge in [-0.2, -0.15) is 0 Å². The molecule has 0 unspecified atom stereocenters. The monoisotopic (exact) mass is 345 g/mol. The van der Waals surface area contributed by atoms with Crippen LogP contribution in [0.15, 0.2) is 24.3 Å². The Morgan fingerprint density at radius 1 is 1.00 bits per heavy atom. The number of carbonyl (C=O) groups excluding carboxylic acids is 3. The third-order valence-corrected chi connectivity index (χ3v) is 4.77. The smallest absolute Gasteiger partial charge is 0.229 e. The van der Waals surface area contributed by atoms with E-state index < -0.39 is 0 Å². The molecule has 2 heterocycles. The summed E-state index contributed by atoms with van der Waals surface area (Å²) in [6.45, 7) is 3.02. The number of carbonyl (C=O) groups is 3. The summed E-state index contributed by atoms with van der Waals surface area (Å²) < 4.78 is 5.17. The van der Waals surface area contributed by atoms with Crippen LogP contribution in [0.3, 0.4) is 0 Å². The number of ether oxygens (including phenoxy) is 1. The van der Waals surface area contributed by atoms with Crippen molar-refractivity contribution in [2.75, 3.05) is 44.7 Å². The molecule has 0 radical (unpaired) electrons. The Bertz CT molecular complexity index is 635. The number of amides is 3. The van der Waals surface area contributed by atoms with Crippen LogP contribution in [0.4, 0.5) is 5.69 Å². The molecule has 2 fully saturated rings. The normalized spacial score (nSPS) is 18.0. The maximum Gasteiger partial charge on any atom is 0.229 e. The van der Waals surface area contributed by atoms with Crippen LogP contribution in [-0.4, -0.2) is 67.4 Å². The zero-order chi connectivity index (χ0) is 17.8. The first-order valence-corrected chi connectivity index (χ1v) is 8.58. The van der Waals surface area contributed by atoms with E-state index in [1.807, 2.05) is 29.2 Å². The van der Waals surface area contributed by atoms with Crippen LogP contribution in [0.25, 0.3) is 0 Å². The highest BCUT2D eigenvalue weighted by atomic mass is 16.5. The minimum atomic E-state index is -0.165. The maximum absolute atomic E-state index is 12.3. The van der Waals surface area contributed by atoms with Gasteiger partial charge in [0.25, 0.3) is 0 Å². The average molecular weight is 345 g/mol. The van der Waals surface area contributed by atoms with Crippen molar-refractivity contribution in [3.8, 4) is 5.75 Å². The fourth-order valence-corrected chi connectivity index (χ4v) is 3.24. The number of methoxy groups -OCH3 is 1. The Hall–Kier alpha value is -2.57. The van der Waals surface area contributed by atoms with Crippen molar-refractivity contribution >= 4 is 23.4 Å². The third kappa shape index (κ3) is 3.92. The molecule has 0 atom stereocenters. The zero-order valence-electron chi connectivity index (χ0n) is 14.4. The second kappa shape index (κ2) is 7.55. The van der Waals surface area contributed by atoms with E-state index in [4.69, 9.17) is 4.74 Å². The molecule has 7 nitrogen and oxygen atoms in total. The lowest BCUT2D eigenvalue weighted by atomic mass is 10.2. The first-order chi connectivity index (χ1) is 12.1. The third-order valence-electron chi connectivity index (χ3n) is 4.77. The van der Waals surface area contributed by atoms with E-state index in [9.17, 15) is 14.4 Å². The summed E-state index contributed by atoms with van der Waals surface area (Å²) in [5.74, 6) is 0.495. The molecule has 1 aromatic carbocycles. The predicted molar refractivity (Wildman–Crippen MR) is 92.4 cm³/mol. The quantitative estimate of drug-likeness (QED) is 0.741. The molecule has 0 aliphatic carbocycles. The highest BCUT2D eigenvalue weighted by molar-refractivity contribution is 6.02. The molecule has 2 aliphatic rings. The molecule has 0 aromatic heterocycles. The van der Waals surface area contributed by atoms with Crippen molar-refractivity contribution in [2.24, 2.45) is 0 Å². The number of hydrogen-bond acceptors (Lipinski definition) is 5. The van der Waals surface area contributed by atoms with E-state index in [0.29, 0.717) is 13.1 Å². The van der Waals surface area contributed by atoms with Gasteiger partial charge in [0.2, 0.25) is 17.7 Å². The van der Waals surface area contributed by atoms with E-state index >= 15 is 0 Å². The number of rotatable bonds is 5. The van der Waals surface area contributed by atoms with Crippen molar-refractivity contribution in [2.45, 2.75) is 19.3 Å². The van der Waals surface area contributed by atoms with E-state index in [1.54, 1.807) is 7.11 Å². The molecule has 2 saturated heterocycles. The largest absolute Gasteiger partial charge is 0.497 e. The van der Waals surface area contributed by atoms with Crippen LogP contribution < -0.4 is 9.64 Å². The molecule has 0 bridgehead atoms. The van der Waals surface area contributed by atoms with Gasteiger partial charge in [0.1, 0.15) is 5.75 Å². The lowest BCUT2D eigenvalue weighted by Crippen LogP contribution is -2.49. The molecule has 0 N–H and O–H groups in total. The molecule has 0 saturated carbocycles. The number of hydrogen-bond donors (Lipinski definition) is 0. The standard InChI is InChI=1S/C18H23N3O4/c1-25-15-4-2-14(3-5-15)19-10-12-20(13-11-19)16(22)8-9-21-17(23)6-7-18(21)24/h2-5H,6-13H2,1H3. The van der Waals surface area contributed by atoms with Gasteiger partial charge < -0.3 is 14.5 Å². The van der Waals surface area contributed by atoms with Gasteiger partial charge in [-0.3, -0.25) is 19.3 Å². The molecule has 0 spiro atoms. The van der Waals surface area contributed by atoms with Crippen molar-refractivity contribution in [3.05, 3.63) is 24.3 Å². The SMILES string of the molecule is COc1ccc(N2CCN(C(=O)CCN3C(=O)CCC3=O)CC2)cc1. The van der Waals surface area contributed by atoms with Crippen LogP contribution in [0.5, 0.6) is 5.75 Å². The van der Waals surface area contributed by atoms with Gasteiger partial charge in [-0.1, -0.05) is 0 Å². The number of benzene rings is 1. The summed E-state index contributed by atoms with van der Waals surface area (Å²) in [7, 11) is 1.64. The van der Waals surface area contributed by atoms with E-state index in [1.165, 1.54) is 4.90 Å². The van der Waals surface area contributed by atoms with E-state index in [2.05, 4.69) is 4.90 Å². The van der Waals surface area contributed by atoms with Crippen LogP contribution in [0.2, 0.25) is 0 Å². The van der Waals surface area contributed by atoms with E-state index in [0.717, 1.165) is 24.5 Å². The molecule has 1 aromatic rings. The summed E-state index contributed by atoms with van der Waals surface area (Å²) in [6.07, 6.45) is 0.751. The summed E-state index contributed by atoms with van der Waals surface area (Å²) in [4.78, 5) is 40.8. The second-order valence-corrected chi connectivity index (χ2v) is 6.25. The summed E-state index contributed by atoms with van der Waals surface area (Å²) in [5, 5.41) is 0. The van der Waals surface area contributed by atoms with Crippen molar-refractivity contribution in [1.29, 1.82) is 0 Å². The summed E-state index contributed by atoms with van der Waals surface area (Å²) >= 11 is 0. The molecular weight excluding hydrogens is 322 g/mol. The Kier molecular flexibility index (Phi) is 5.21. The van der Waals surface area contributed by atoms with Gasteiger partial charge in [0.05, 0.1) is 7.11 Å². The van der Waals surface area contributed by atoms with Gasteiger partial charge in [-0.15, -0.1) is 0 Å². The molecule has 25 heavy (non-hydrogen) atoms. The first-order valence-electron chi connectivity index (χ1n) is 8.58. The second-order valence-electron chi connectivity index (χ2n) is 6.25. The molecular formula is C18H23N3O4. The Morgan fingerprint density at radius 2 is 1.60 bits per heavy atom. The van der Waals surface area contributed by atoms with Crippen LogP contribution in [0, 0.1) is 0 Å². The first kappa shape index (κ1) is 17.3. The van der Waals surface area contributed by atoms with Crippen LogP contribution >= 0.6 is 0 Å². The maximum atomic E-state index is 12.3. The Labute approximate surface area is 147 Å². The van der Waals surface area contributed by atoms with Crippen LogP contribution in [-0.2, 0) is 14.4 Å². The minimum absolute atomic E-state index is 0.00174. The lowest BCUT2D eigenvalue weighted by molar-refractivity contribution is -0.139. The highest BCUT2D eigenvalue weighted by Crippen LogP contribution is 2.21. The number of likely N-dealkylation sites (tertiary alicyclic amines) is 1. The Morgan fingerprint density at radius 3 is 2.16 bits per heavy atom. The molecule has 134 valence electrons. The topological polar surface area (TPSA) is 70.2 Å². The van der Waals surface area contributed by atoms with Gasteiger partial charge >= 0.3 is 0 Å². The lowest BCUT2D eigenvalue weighted by Gasteiger charge is -2.36. The predicted octanol–water partition coefficient (Wildman–Crippen LogP) is 0.883. The number of piperazine rings is 1. The average Bonchev–Trinajstić information content (AvgIpc) is 2.98.